The minimum atomic E-state index is -1.12. The number of benzene rings is 2. The molecule has 0 radical (unpaired) electrons. The zero-order chi connectivity index (χ0) is 14.8. The molecule has 2 aromatic rings. The van der Waals surface area contributed by atoms with Gasteiger partial charge in [-0.25, -0.2) is 0 Å². The Balaban J connectivity index is 1.89. The molecular formula is C17H19NO2S. The Morgan fingerprint density at radius 3 is 2.81 bits per heavy atom. The summed E-state index contributed by atoms with van der Waals surface area (Å²) in [7, 11) is 0.492. The summed E-state index contributed by atoms with van der Waals surface area (Å²) in [6.45, 7) is 0. The third-order valence-corrected chi connectivity index (χ3v) is 5.86. The molecule has 0 saturated carbocycles. The van der Waals surface area contributed by atoms with E-state index in [1.165, 1.54) is 5.56 Å². The zero-order valence-corrected chi connectivity index (χ0v) is 12.8. The smallest absolute Gasteiger partial charge is 0.120 e. The average molecular weight is 301 g/mol. The molecule has 110 valence electrons. The first-order valence-electron chi connectivity index (χ1n) is 7.08. The summed E-state index contributed by atoms with van der Waals surface area (Å²) >= 11 is 0. The summed E-state index contributed by atoms with van der Waals surface area (Å²) in [5, 5.41) is -0.0491. The maximum absolute atomic E-state index is 12.9. The number of rotatable bonds is 3. The Morgan fingerprint density at radius 2 is 2.00 bits per heavy atom. The number of fused-ring (bicyclic) bond motifs is 1. The number of hydrogen-bond donors (Lipinski definition) is 1. The third-order valence-electron chi connectivity index (χ3n) is 4.06. The molecule has 2 aromatic carbocycles. The van der Waals surface area contributed by atoms with Gasteiger partial charge in [-0.3, -0.25) is 4.21 Å². The van der Waals surface area contributed by atoms with Crippen LogP contribution in [0.2, 0.25) is 0 Å². The zero-order valence-electron chi connectivity index (χ0n) is 12.0. The second kappa shape index (κ2) is 6.00. The van der Waals surface area contributed by atoms with Crippen LogP contribution in [0.25, 0.3) is 0 Å². The minimum absolute atomic E-state index is 0.0491. The van der Waals surface area contributed by atoms with Crippen LogP contribution in [0.4, 0.5) is 0 Å². The molecule has 1 aliphatic carbocycles. The minimum Gasteiger partial charge on any atom is -0.497 e. The van der Waals surface area contributed by atoms with E-state index in [4.69, 9.17) is 10.5 Å². The predicted molar refractivity (Wildman–Crippen MR) is 84.9 cm³/mol. The molecule has 0 bridgehead atoms. The molecule has 21 heavy (non-hydrogen) atoms. The van der Waals surface area contributed by atoms with Gasteiger partial charge in [-0.05, 0) is 42.2 Å². The van der Waals surface area contributed by atoms with Crippen molar-refractivity contribution in [1.82, 2.24) is 0 Å². The largest absolute Gasteiger partial charge is 0.497 e. The van der Waals surface area contributed by atoms with Gasteiger partial charge in [-0.1, -0.05) is 30.3 Å². The lowest BCUT2D eigenvalue weighted by atomic mass is 9.88. The van der Waals surface area contributed by atoms with Crippen molar-refractivity contribution in [2.24, 2.45) is 5.73 Å². The van der Waals surface area contributed by atoms with Crippen molar-refractivity contribution in [3.8, 4) is 5.75 Å². The van der Waals surface area contributed by atoms with Gasteiger partial charge in [0.05, 0.1) is 23.2 Å². The Hall–Kier alpha value is -1.65. The Morgan fingerprint density at radius 1 is 1.19 bits per heavy atom. The molecule has 0 saturated heterocycles. The fourth-order valence-corrected chi connectivity index (χ4v) is 4.45. The molecule has 0 fully saturated rings. The molecular weight excluding hydrogens is 282 g/mol. The fourth-order valence-electron chi connectivity index (χ4n) is 2.91. The highest BCUT2D eigenvalue weighted by atomic mass is 32.2. The second-order valence-corrected chi connectivity index (χ2v) is 6.95. The van der Waals surface area contributed by atoms with E-state index in [-0.39, 0.29) is 11.3 Å². The van der Waals surface area contributed by atoms with Gasteiger partial charge in [-0.2, -0.15) is 0 Å². The van der Waals surface area contributed by atoms with Gasteiger partial charge in [-0.15, -0.1) is 0 Å². The number of ether oxygens (including phenoxy) is 1. The van der Waals surface area contributed by atoms with Gasteiger partial charge in [0.1, 0.15) is 5.75 Å². The molecule has 0 aliphatic heterocycles. The average Bonchev–Trinajstić information content (AvgIpc) is 2.55. The van der Waals surface area contributed by atoms with Gasteiger partial charge >= 0.3 is 0 Å². The van der Waals surface area contributed by atoms with Crippen LogP contribution >= 0.6 is 0 Å². The standard InChI is InChI=1S/C17H19NO2S/c1-20-13-6-4-7-14(11-13)21(19)16-10-9-12-5-2-3-8-15(12)17(16)18/h2-8,11,16-17H,9-10,18H2,1H3. The second-order valence-electron chi connectivity index (χ2n) is 5.28. The molecule has 0 aromatic heterocycles. The molecule has 2 N–H and O–H groups in total. The first kappa shape index (κ1) is 14.3. The highest BCUT2D eigenvalue weighted by Gasteiger charge is 2.31. The van der Waals surface area contributed by atoms with Crippen molar-refractivity contribution in [1.29, 1.82) is 0 Å². The topological polar surface area (TPSA) is 52.3 Å². The van der Waals surface area contributed by atoms with Crippen LogP contribution in [0.5, 0.6) is 5.75 Å². The van der Waals surface area contributed by atoms with Crippen LogP contribution in [-0.4, -0.2) is 16.6 Å². The molecule has 3 unspecified atom stereocenters. The van der Waals surface area contributed by atoms with E-state index >= 15 is 0 Å². The molecule has 0 heterocycles. The van der Waals surface area contributed by atoms with Gasteiger partial charge < -0.3 is 10.5 Å². The van der Waals surface area contributed by atoms with Crippen molar-refractivity contribution in [3.63, 3.8) is 0 Å². The van der Waals surface area contributed by atoms with Crippen LogP contribution in [0.1, 0.15) is 23.6 Å². The van der Waals surface area contributed by atoms with E-state index in [0.717, 1.165) is 29.1 Å². The van der Waals surface area contributed by atoms with Crippen LogP contribution < -0.4 is 10.5 Å². The first-order chi connectivity index (χ1) is 10.2. The highest BCUT2D eigenvalue weighted by molar-refractivity contribution is 7.85. The summed E-state index contributed by atoms with van der Waals surface area (Å²) in [5.41, 5.74) is 8.79. The van der Waals surface area contributed by atoms with Gasteiger partial charge in [0, 0.05) is 10.9 Å². The maximum atomic E-state index is 12.9. The Kier molecular flexibility index (Phi) is 4.08. The summed E-state index contributed by atoms with van der Waals surface area (Å²) in [4.78, 5) is 0.786. The summed E-state index contributed by atoms with van der Waals surface area (Å²) in [6.07, 6.45) is 1.78. The number of hydrogen-bond acceptors (Lipinski definition) is 3. The van der Waals surface area contributed by atoms with Crippen LogP contribution in [0, 0.1) is 0 Å². The van der Waals surface area contributed by atoms with Crippen molar-refractivity contribution < 1.29 is 8.95 Å². The van der Waals surface area contributed by atoms with Crippen molar-refractivity contribution >= 4 is 10.8 Å². The van der Waals surface area contributed by atoms with Crippen LogP contribution in [0.3, 0.4) is 0 Å². The molecule has 3 atom stereocenters. The molecule has 4 heteroatoms. The number of nitrogens with two attached hydrogens (primary N) is 1. The van der Waals surface area contributed by atoms with Crippen molar-refractivity contribution in [2.45, 2.75) is 29.0 Å². The van der Waals surface area contributed by atoms with Crippen molar-refractivity contribution in [2.75, 3.05) is 7.11 Å². The number of methoxy groups -OCH3 is 1. The molecule has 0 spiro atoms. The van der Waals surface area contributed by atoms with Crippen molar-refractivity contribution in [3.05, 3.63) is 59.7 Å². The maximum Gasteiger partial charge on any atom is 0.120 e. The molecule has 0 amide bonds. The number of aryl methyl sites for hydroxylation is 1. The van der Waals surface area contributed by atoms with Crippen LogP contribution in [0.15, 0.2) is 53.4 Å². The Bertz CT molecular complexity index is 671. The SMILES string of the molecule is COc1cccc(S(=O)C2CCc3ccccc3C2N)c1. The summed E-state index contributed by atoms with van der Waals surface area (Å²) < 4.78 is 18.1. The van der Waals surface area contributed by atoms with E-state index < -0.39 is 10.8 Å². The normalized spacial score (nSPS) is 22.4. The van der Waals surface area contributed by atoms with E-state index in [1.54, 1.807) is 7.11 Å². The third kappa shape index (κ3) is 2.74. The van der Waals surface area contributed by atoms with Crippen LogP contribution in [-0.2, 0) is 17.2 Å². The van der Waals surface area contributed by atoms with Gasteiger partial charge in [0.2, 0.25) is 0 Å². The quantitative estimate of drug-likeness (QED) is 0.948. The van der Waals surface area contributed by atoms with Gasteiger partial charge in [0.25, 0.3) is 0 Å². The fraction of sp³-hybridized carbons (Fsp3) is 0.294. The van der Waals surface area contributed by atoms with E-state index in [9.17, 15) is 4.21 Å². The predicted octanol–water partition coefficient (Wildman–Crippen LogP) is 2.82. The summed E-state index contributed by atoms with van der Waals surface area (Å²) in [5.74, 6) is 0.727. The van der Waals surface area contributed by atoms with E-state index in [1.807, 2.05) is 36.4 Å². The lowest BCUT2D eigenvalue weighted by molar-refractivity contribution is 0.413. The lowest BCUT2D eigenvalue weighted by Gasteiger charge is -2.30. The molecule has 1 aliphatic rings. The molecule has 3 nitrogen and oxygen atoms in total. The van der Waals surface area contributed by atoms with E-state index in [0.29, 0.717) is 0 Å². The first-order valence-corrected chi connectivity index (χ1v) is 8.30. The highest BCUT2D eigenvalue weighted by Crippen LogP contribution is 2.33. The van der Waals surface area contributed by atoms with Gasteiger partial charge in [0.15, 0.2) is 0 Å². The van der Waals surface area contributed by atoms with E-state index in [2.05, 4.69) is 12.1 Å². The summed E-state index contributed by atoms with van der Waals surface area (Å²) in [6, 6.07) is 15.5. The monoisotopic (exact) mass is 301 g/mol. The molecule has 3 rings (SSSR count). The Labute approximate surface area is 127 Å². The lowest BCUT2D eigenvalue weighted by Crippen LogP contribution is -2.34.